The maximum atomic E-state index is 13.3. The topological polar surface area (TPSA) is 21.3 Å². The van der Waals surface area contributed by atoms with Crippen LogP contribution in [0.2, 0.25) is 0 Å². The van der Waals surface area contributed by atoms with Gasteiger partial charge in [0.25, 0.3) is 0 Å². The van der Waals surface area contributed by atoms with Gasteiger partial charge in [-0.15, -0.1) is 0 Å². The van der Waals surface area contributed by atoms with Gasteiger partial charge in [0.15, 0.2) is 0 Å². The lowest BCUT2D eigenvalue weighted by molar-refractivity contribution is 0.0613. The maximum absolute atomic E-state index is 13.3. The van der Waals surface area contributed by atoms with Gasteiger partial charge in [-0.3, -0.25) is 0 Å². The van der Waals surface area contributed by atoms with Crippen LogP contribution < -0.4 is 5.32 Å². The van der Waals surface area contributed by atoms with Gasteiger partial charge in [0.05, 0.1) is 6.10 Å². The molecule has 1 N–H and O–H groups in total. The third-order valence-corrected chi connectivity index (χ3v) is 4.01. The Kier molecular flexibility index (Phi) is 7.57. The van der Waals surface area contributed by atoms with Crippen molar-refractivity contribution in [3.8, 4) is 0 Å². The van der Waals surface area contributed by atoms with Crippen molar-refractivity contribution in [1.82, 2.24) is 5.32 Å². The molecule has 0 radical (unpaired) electrons. The Morgan fingerprint density at radius 3 is 2.68 bits per heavy atom. The molecule has 2 atom stereocenters. The van der Waals surface area contributed by atoms with E-state index in [1.807, 2.05) is 0 Å². The first-order chi connectivity index (χ1) is 9.12. The Labute approximate surface area is 123 Å². The van der Waals surface area contributed by atoms with Gasteiger partial charge in [0.1, 0.15) is 5.82 Å². The summed E-state index contributed by atoms with van der Waals surface area (Å²) in [5, 5.41) is 3.45. The zero-order valence-electron chi connectivity index (χ0n) is 11.9. The zero-order valence-corrected chi connectivity index (χ0v) is 13.5. The average Bonchev–Trinajstić information content (AvgIpc) is 2.39. The Bertz CT molecular complexity index is 386. The van der Waals surface area contributed by atoms with Gasteiger partial charge in [0, 0.05) is 17.6 Å². The first-order valence-electron chi connectivity index (χ1n) is 6.82. The summed E-state index contributed by atoms with van der Waals surface area (Å²) in [6.45, 7) is 5.10. The van der Waals surface area contributed by atoms with Crippen molar-refractivity contribution in [2.75, 3.05) is 13.7 Å². The highest BCUT2D eigenvalue weighted by molar-refractivity contribution is 9.10. The monoisotopic (exact) mass is 331 g/mol. The van der Waals surface area contributed by atoms with E-state index in [2.05, 4.69) is 35.1 Å². The molecular weight excluding hydrogens is 309 g/mol. The van der Waals surface area contributed by atoms with Crippen molar-refractivity contribution in [2.24, 2.45) is 0 Å². The lowest BCUT2D eigenvalue weighted by atomic mass is 9.98. The van der Waals surface area contributed by atoms with E-state index in [9.17, 15) is 4.39 Å². The molecule has 1 aromatic carbocycles. The van der Waals surface area contributed by atoms with Gasteiger partial charge in [-0.2, -0.15) is 0 Å². The van der Waals surface area contributed by atoms with Crippen LogP contribution in [0.15, 0.2) is 22.7 Å². The fourth-order valence-electron chi connectivity index (χ4n) is 2.30. The molecular formula is C15H23BrFNO. The van der Waals surface area contributed by atoms with Crippen LogP contribution in [-0.2, 0) is 11.2 Å². The van der Waals surface area contributed by atoms with Crippen LogP contribution in [0.25, 0.3) is 0 Å². The number of ether oxygens (including phenoxy) is 1. The Hall–Kier alpha value is -0.450. The van der Waals surface area contributed by atoms with E-state index < -0.39 is 0 Å². The van der Waals surface area contributed by atoms with E-state index in [4.69, 9.17) is 4.74 Å². The van der Waals surface area contributed by atoms with Gasteiger partial charge in [0.2, 0.25) is 0 Å². The smallest absolute Gasteiger partial charge is 0.123 e. The lowest BCUT2D eigenvalue weighted by Crippen LogP contribution is -2.42. The van der Waals surface area contributed by atoms with Crippen molar-refractivity contribution in [3.63, 3.8) is 0 Å². The summed E-state index contributed by atoms with van der Waals surface area (Å²) in [7, 11) is 1.74. The average molecular weight is 332 g/mol. The van der Waals surface area contributed by atoms with E-state index >= 15 is 0 Å². The van der Waals surface area contributed by atoms with Crippen molar-refractivity contribution in [1.29, 1.82) is 0 Å². The minimum absolute atomic E-state index is 0.153. The molecule has 0 aliphatic rings. The van der Waals surface area contributed by atoms with Crippen LogP contribution in [-0.4, -0.2) is 25.8 Å². The summed E-state index contributed by atoms with van der Waals surface area (Å²) in [6, 6.07) is 5.02. The van der Waals surface area contributed by atoms with Crippen molar-refractivity contribution in [2.45, 2.75) is 45.3 Å². The molecule has 0 amide bonds. The minimum atomic E-state index is -0.196. The highest BCUT2D eigenvalue weighted by Gasteiger charge is 2.21. The van der Waals surface area contributed by atoms with Crippen LogP contribution in [0.1, 0.15) is 32.3 Å². The number of hydrogen-bond acceptors (Lipinski definition) is 2. The normalized spacial score (nSPS) is 14.4. The Morgan fingerprint density at radius 1 is 1.37 bits per heavy atom. The van der Waals surface area contributed by atoms with Crippen LogP contribution in [0.4, 0.5) is 4.39 Å². The molecule has 2 unspecified atom stereocenters. The maximum Gasteiger partial charge on any atom is 0.123 e. The predicted octanol–water partition coefficient (Wildman–Crippen LogP) is 3.92. The standard InChI is InChI=1S/C15H23BrFNO/c1-4-6-15(19-3)14(18-5-2)10-11-9-12(17)7-8-13(11)16/h7-9,14-15,18H,4-6,10H2,1-3H3. The third-order valence-electron chi connectivity index (χ3n) is 3.24. The predicted molar refractivity (Wildman–Crippen MR) is 81.0 cm³/mol. The summed E-state index contributed by atoms with van der Waals surface area (Å²) < 4.78 is 19.9. The molecule has 0 aromatic heterocycles. The zero-order chi connectivity index (χ0) is 14.3. The summed E-state index contributed by atoms with van der Waals surface area (Å²) in [5.41, 5.74) is 0.976. The second-order valence-electron chi connectivity index (χ2n) is 4.67. The molecule has 0 spiro atoms. The SMILES string of the molecule is CCCC(OC)C(Cc1cc(F)ccc1Br)NCC. The molecule has 0 aliphatic heterocycles. The number of likely N-dealkylation sites (N-methyl/N-ethyl adjacent to an activating group) is 1. The number of benzene rings is 1. The van der Waals surface area contributed by atoms with Crippen molar-refractivity contribution < 1.29 is 9.13 Å². The lowest BCUT2D eigenvalue weighted by Gasteiger charge is -2.27. The molecule has 0 saturated heterocycles. The summed E-state index contributed by atoms with van der Waals surface area (Å²) in [4.78, 5) is 0. The van der Waals surface area contributed by atoms with E-state index in [1.165, 1.54) is 6.07 Å². The molecule has 0 saturated carbocycles. The Balaban J connectivity index is 2.84. The number of nitrogens with one attached hydrogen (secondary N) is 1. The van der Waals surface area contributed by atoms with Crippen LogP contribution in [0.3, 0.4) is 0 Å². The summed E-state index contributed by atoms with van der Waals surface area (Å²) in [6.07, 6.45) is 2.98. The largest absolute Gasteiger partial charge is 0.380 e. The third kappa shape index (κ3) is 5.21. The van der Waals surface area contributed by atoms with Gasteiger partial charge < -0.3 is 10.1 Å². The summed E-state index contributed by atoms with van der Waals surface area (Å²) >= 11 is 3.48. The molecule has 108 valence electrons. The fraction of sp³-hybridized carbons (Fsp3) is 0.600. The molecule has 2 nitrogen and oxygen atoms in total. The number of rotatable bonds is 8. The van der Waals surface area contributed by atoms with E-state index in [-0.39, 0.29) is 18.0 Å². The Morgan fingerprint density at radius 2 is 2.11 bits per heavy atom. The number of halogens is 2. The van der Waals surface area contributed by atoms with E-state index in [0.29, 0.717) is 0 Å². The summed E-state index contributed by atoms with van der Waals surface area (Å²) in [5.74, 6) is -0.196. The van der Waals surface area contributed by atoms with Gasteiger partial charge in [-0.1, -0.05) is 36.2 Å². The van der Waals surface area contributed by atoms with E-state index in [0.717, 1.165) is 35.8 Å². The van der Waals surface area contributed by atoms with Crippen molar-refractivity contribution >= 4 is 15.9 Å². The molecule has 1 rings (SSSR count). The van der Waals surface area contributed by atoms with Crippen LogP contribution in [0.5, 0.6) is 0 Å². The molecule has 0 bridgehead atoms. The molecule has 0 heterocycles. The highest BCUT2D eigenvalue weighted by Crippen LogP contribution is 2.21. The minimum Gasteiger partial charge on any atom is -0.380 e. The first-order valence-corrected chi connectivity index (χ1v) is 7.61. The van der Waals surface area contributed by atoms with Gasteiger partial charge in [-0.05, 0) is 43.1 Å². The van der Waals surface area contributed by atoms with Gasteiger partial charge >= 0.3 is 0 Å². The van der Waals surface area contributed by atoms with E-state index in [1.54, 1.807) is 19.2 Å². The quantitative estimate of drug-likeness (QED) is 0.779. The molecule has 4 heteroatoms. The van der Waals surface area contributed by atoms with Crippen LogP contribution in [0, 0.1) is 5.82 Å². The number of methoxy groups -OCH3 is 1. The van der Waals surface area contributed by atoms with Gasteiger partial charge in [-0.25, -0.2) is 4.39 Å². The fourth-order valence-corrected chi connectivity index (χ4v) is 2.71. The van der Waals surface area contributed by atoms with Crippen molar-refractivity contribution in [3.05, 3.63) is 34.1 Å². The van der Waals surface area contributed by atoms with Crippen LogP contribution >= 0.6 is 15.9 Å². The first kappa shape index (κ1) is 16.6. The molecule has 19 heavy (non-hydrogen) atoms. The molecule has 0 aliphatic carbocycles. The molecule has 0 fully saturated rings. The molecule has 1 aromatic rings. The second kappa shape index (κ2) is 8.67. The highest BCUT2D eigenvalue weighted by atomic mass is 79.9. The number of hydrogen-bond donors (Lipinski definition) is 1. The second-order valence-corrected chi connectivity index (χ2v) is 5.52.